The molecule has 0 saturated heterocycles. The number of aromatic nitrogens is 2. The highest BCUT2D eigenvalue weighted by atomic mass is 16.5. The summed E-state index contributed by atoms with van der Waals surface area (Å²) in [6, 6.07) is 6.50. The van der Waals surface area contributed by atoms with Gasteiger partial charge in [-0.3, -0.25) is 19.1 Å². The Labute approximate surface area is 112 Å². The summed E-state index contributed by atoms with van der Waals surface area (Å²) >= 11 is 0. The summed E-state index contributed by atoms with van der Waals surface area (Å²) in [5.41, 5.74) is 1.15. The molecule has 0 fully saturated rings. The van der Waals surface area contributed by atoms with Crippen molar-refractivity contribution < 1.29 is 19.2 Å². The highest BCUT2D eigenvalue weighted by Crippen LogP contribution is 2.17. The molecular weight excluding hydrogens is 266 g/mol. The number of rotatable bonds is 5. The largest absolute Gasteiger partial charge is 0.481 e. The number of anilines is 1. The van der Waals surface area contributed by atoms with Gasteiger partial charge in [-0.2, -0.15) is 0 Å². The standard InChI is InChI=1S/C12H11N3O5/c16-9(5-6-10(17)18)13-8-3-1-7(2-4-8)11-14-12(19)20-15-11/h1-4H,5-6H2,(H,13,16)(H,17,18)(H,14,15,19). The minimum Gasteiger partial charge on any atom is -0.481 e. The molecule has 0 spiro atoms. The Kier molecular flexibility index (Phi) is 3.94. The summed E-state index contributed by atoms with van der Waals surface area (Å²) in [6.45, 7) is 0. The summed E-state index contributed by atoms with van der Waals surface area (Å²) in [4.78, 5) is 35.0. The van der Waals surface area contributed by atoms with Crippen LogP contribution < -0.4 is 11.1 Å². The molecule has 0 atom stereocenters. The average molecular weight is 277 g/mol. The molecule has 1 amide bonds. The van der Waals surface area contributed by atoms with Crippen LogP contribution in [0.15, 0.2) is 33.6 Å². The molecule has 0 unspecified atom stereocenters. The molecule has 1 aromatic carbocycles. The van der Waals surface area contributed by atoms with Crippen LogP contribution in [0.2, 0.25) is 0 Å². The summed E-state index contributed by atoms with van der Waals surface area (Å²) in [6.07, 6.45) is -0.308. The molecule has 2 aromatic rings. The molecule has 0 aliphatic rings. The zero-order valence-corrected chi connectivity index (χ0v) is 10.3. The minimum absolute atomic E-state index is 0.0896. The Morgan fingerprint density at radius 2 is 1.95 bits per heavy atom. The lowest BCUT2D eigenvalue weighted by atomic mass is 10.2. The van der Waals surface area contributed by atoms with E-state index in [2.05, 4.69) is 20.0 Å². The molecule has 0 aliphatic carbocycles. The Morgan fingerprint density at radius 1 is 1.25 bits per heavy atom. The van der Waals surface area contributed by atoms with Gasteiger partial charge in [-0.15, -0.1) is 0 Å². The quantitative estimate of drug-likeness (QED) is 0.743. The lowest BCUT2D eigenvalue weighted by Crippen LogP contribution is -2.13. The number of carboxylic acid groups (broad SMARTS) is 1. The van der Waals surface area contributed by atoms with E-state index in [9.17, 15) is 14.4 Å². The highest BCUT2D eigenvalue weighted by Gasteiger charge is 2.07. The Hall–Kier alpha value is -2.90. The van der Waals surface area contributed by atoms with E-state index in [1.165, 1.54) is 0 Å². The topological polar surface area (TPSA) is 125 Å². The number of aliphatic carboxylic acids is 1. The number of H-pyrrole nitrogens is 1. The van der Waals surface area contributed by atoms with Crippen LogP contribution in [0.4, 0.5) is 5.69 Å². The van der Waals surface area contributed by atoms with E-state index >= 15 is 0 Å². The van der Waals surface area contributed by atoms with Crippen LogP contribution in [0.25, 0.3) is 11.4 Å². The molecule has 8 heteroatoms. The van der Waals surface area contributed by atoms with Crippen molar-refractivity contribution in [2.45, 2.75) is 12.8 Å². The molecule has 8 nitrogen and oxygen atoms in total. The van der Waals surface area contributed by atoms with Gasteiger partial charge in [0.05, 0.1) is 6.42 Å². The number of carboxylic acids is 1. The maximum atomic E-state index is 11.4. The van der Waals surface area contributed by atoms with Crippen LogP contribution in [0.3, 0.4) is 0 Å². The summed E-state index contributed by atoms with van der Waals surface area (Å²) in [5.74, 6) is -1.76. The monoisotopic (exact) mass is 277 g/mol. The molecule has 1 aromatic heterocycles. The van der Waals surface area contributed by atoms with Crippen molar-refractivity contribution in [3.05, 3.63) is 34.8 Å². The van der Waals surface area contributed by atoms with E-state index in [1.54, 1.807) is 24.3 Å². The van der Waals surface area contributed by atoms with E-state index in [0.29, 0.717) is 17.1 Å². The second kappa shape index (κ2) is 5.83. The zero-order valence-electron chi connectivity index (χ0n) is 10.3. The molecular formula is C12H11N3O5. The smallest absolute Gasteiger partial charge is 0.439 e. The average Bonchev–Trinajstić information content (AvgIpc) is 2.84. The van der Waals surface area contributed by atoms with Crippen LogP contribution >= 0.6 is 0 Å². The predicted octanol–water partition coefficient (Wildman–Crippen LogP) is 0.833. The zero-order chi connectivity index (χ0) is 14.5. The van der Waals surface area contributed by atoms with Gasteiger partial charge in [-0.25, -0.2) is 4.79 Å². The van der Waals surface area contributed by atoms with Crippen LogP contribution in [-0.2, 0) is 9.59 Å². The number of nitrogens with zero attached hydrogens (tertiary/aromatic N) is 1. The van der Waals surface area contributed by atoms with E-state index in [0.717, 1.165) is 0 Å². The molecule has 104 valence electrons. The van der Waals surface area contributed by atoms with Crippen LogP contribution in [0.1, 0.15) is 12.8 Å². The Bertz CT molecular complexity index is 671. The summed E-state index contributed by atoms with van der Waals surface area (Å²) in [7, 11) is 0. The molecule has 2 rings (SSSR count). The number of benzene rings is 1. The number of carbonyl (C=O) groups excluding carboxylic acids is 1. The summed E-state index contributed by atoms with van der Waals surface area (Å²) < 4.78 is 4.38. The maximum absolute atomic E-state index is 11.4. The molecule has 0 bridgehead atoms. The van der Waals surface area contributed by atoms with Gasteiger partial charge in [0.15, 0.2) is 5.82 Å². The first-order valence-electron chi connectivity index (χ1n) is 5.72. The van der Waals surface area contributed by atoms with Crippen molar-refractivity contribution in [1.29, 1.82) is 0 Å². The van der Waals surface area contributed by atoms with E-state index in [4.69, 9.17) is 5.11 Å². The van der Waals surface area contributed by atoms with Crippen molar-refractivity contribution in [1.82, 2.24) is 10.1 Å². The first-order valence-corrected chi connectivity index (χ1v) is 5.72. The Balaban J connectivity index is 2.00. The molecule has 0 saturated carbocycles. The lowest BCUT2D eigenvalue weighted by molar-refractivity contribution is -0.138. The third-order valence-corrected chi connectivity index (χ3v) is 2.45. The van der Waals surface area contributed by atoms with Gasteiger partial charge in [0.1, 0.15) is 0 Å². The highest BCUT2D eigenvalue weighted by molar-refractivity contribution is 5.92. The number of hydrogen-bond acceptors (Lipinski definition) is 5. The fourth-order valence-electron chi connectivity index (χ4n) is 1.51. The molecule has 20 heavy (non-hydrogen) atoms. The SMILES string of the molecule is O=C(O)CCC(=O)Nc1ccc(-c2noc(=O)[nH]2)cc1. The van der Waals surface area contributed by atoms with Crippen molar-refractivity contribution >= 4 is 17.6 Å². The fourth-order valence-corrected chi connectivity index (χ4v) is 1.51. The third-order valence-electron chi connectivity index (χ3n) is 2.45. The van der Waals surface area contributed by atoms with Gasteiger partial charge in [0, 0.05) is 17.7 Å². The second-order valence-corrected chi connectivity index (χ2v) is 3.96. The van der Waals surface area contributed by atoms with Gasteiger partial charge in [0.2, 0.25) is 5.91 Å². The van der Waals surface area contributed by atoms with Gasteiger partial charge >= 0.3 is 11.7 Å². The van der Waals surface area contributed by atoms with Gasteiger partial charge in [-0.05, 0) is 24.3 Å². The first-order chi connectivity index (χ1) is 9.54. The molecule has 3 N–H and O–H groups in total. The predicted molar refractivity (Wildman–Crippen MR) is 68.1 cm³/mol. The molecule has 0 radical (unpaired) electrons. The maximum Gasteiger partial charge on any atom is 0.439 e. The van der Waals surface area contributed by atoms with Crippen molar-refractivity contribution in [3.63, 3.8) is 0 Å². The second-order valence-electron chi connectivity index (χ2n) is 3.96. The van der Waals surface area contributed by atoms with Gasteiger partial charge in [-0.1, -0.05) is 5.16 Å². The Morgan fingerprint density at radius 3 is 2.50 bits per heavy atom. The van der Waals surface area contributed by atoms with E-state index in [-0.39, 0.29) is 18.7 Å². The number of aromatic amines is 1. The van der Waals surface area contributed by atoms with Crippen LogP contribution in [0.5, 0.6) is 0 Å². The van der Waals surface area contributed by atoms with Gasteiger partial charge in [0.25, 0.3) is 0 Å². The molecule has 1 heterocycles. The number of nitrogens with one attached hydrogen (secondary N) is 2. The van der Waals surface area contributed by atoms with Crippen molar-refractivity contribution in [3.8, 4) is 11.4 Å². The fraction of sp³-hybridized carbons (Fsp3) is 0.167. The van der Waals surface area contributed by atoms with Crippen LogP contribution in [0, 0.1) is 0 Å². The van der Waals surface area contributed by atoms with Crippen LogP contribution in [-0.4, -0.2) is 27.1 Å². The first kappa shape index (κ1) is 13.5. The van der Waals surface area contributed by atoms with Crippen molar-refractivity contribution in [2.24, 2.45) is 0 Å². The van der Waals surface area contributed by atoms with E-state index < -0.39 is 11.7 Å². The number of hydrogen-bond donors (Lipinski definition) is 3. The normalized spacial score (nSPS) is 10.2. The number of amides is 1. The summed E-state index contributed by atoms with van der Waals surface area (Å²) in [5, 5.41) is 14.6. The lowest BCUT2D eigenvalue weighted by Gasteiger charge is -2.04. The minimum atomic E-state index is -1.02. The third kappa shape index (κ3) is 3.55. The molecule has 0 aliphatic heterocycles. The van der Waals surface area contributed by atoms with E-state index in [1.807, 2.05) is 0 Å². The number of carbonyl (C=O) groups is 2. The van der Waals surface area contributed by atoms with Gasteiger partial charge < -0.3 is 10.4 Å². The van der Waals surface area contributed by atoms with Crippen molar-refractivity contribution in [2.75, 3.05) is 5.32 Å².